The quantitative estimate of drug-likeness (QED) is 0.0262. The van der Waals surface area contributed by atoms with Crippen LogP contribution in [-0.2, 0) is 28.6 Å². The highest BCUT2D eigenvalue weighted by atomic mass is 16.6. The van der Waals surface area contributed by atoms with E-state index in [4.69, 9.17) is 14.2 Å². The molecule has 0 saturated carbocycles. The Labute approximate surface area is 399 Å². The fraction of sp³-hybridized carbons (Fsp3) is 0.610. The normalized spacial score (nSPS) is 13.1. The molecule has 0 rings (SSSR count). The van der Waals surface area contributed by atoms with Crippen LogP contribution in [-0.4, -0.2) is 37.2 Å². The lowest BCUT2D eigenvalue weighted by Gasteiger charge is -2.18. The highest BCUT2D eigenvalue weighted by molar-refractivity contribution is 5.71. The van der Waals surface area contributed by atoms with Gasteiger partial charge in [-0.05, 0) is 96.3 Å². The molecule has 0 aromatic carbocycles. The molecule has 366 valence electrons. The zero-order valence-electron chi connectivity index (χ0n) is 41.7. The first-order valence-electron chi connectivity index (χ1n) is 26.0. The number of carbonyl (C=O) groups is 3. The van der Waals surface area contributed by atoms with Crippen molar-refractivity contribution in [1.29, 1.82) is 0 Å². The first-order chi connectivity index (χ1) is 32.0. The number of hydrogen-bond donors (Lipinski definition) is 0. The van der Waals surface area contributed by atoms with Crippen molar-refractivity contribution in [3.63, 3.8) is 0 Å². The van der Waals surface area contributed by atoms with Gasteiger partial charge in [-0.1, -0.05) is 219 Å². The Morgan fingerprint density at radius 2 is 0.631 bits per heavy atom. The molecule has 1 atom stereocenters. The molecule has 0 aliphatic heterocycles. The number of esters is 3. The van der Waals surface area contributed by atoms with E-state index in [0.717, 1.165) is 96.3 Å². The van der Waals surface area contributed by atoms with E-state index in [1.54, 1.807) is 0 Å². The number of carbonyl (C=O) groups excluding carboxylic acids is 3. The fourth-order valence-electron chi connectivity index (χ4n) is 6.63. The summed E-state index contributed by atoms with van der Waals surface area (Å²) in [5, 5.41) is 0. The number of rotatable bonds is 45. The lowest BCUT2D eigenvalue weighted by Crippen LogP contribution is -2.30. The van der Waals surface area contributed by atoms with Gasteiger partial charge < -0.3 is 14.2 Å². The van der Waals surface area contributed by atoms with Gasteiger partial charge in [-0.2, -0.15) is 0 Å². The van der Waals surface area contributed by atoms with Crippen LogP contribution in [0.2, 0.25) is 0 Å². The molecule has 6 heteroatoms. The molecule has 0 aromatic heterocycles. The smallest absolute Gasteiger partial charge is 0.306 e. The topological polar surface area (TPSA) is 78.9 Å². The highest BCUT2D eigenvalue weighted by Crippen LogP contribution is 2.14. The number of ether oxygens (including phenoxy) is 3. The molecular formula is C59H94O6. The van der Waals surface area contributed by atoms with Crippen molar-refractivity contribution in [2.45, 2.75) is 219 Å². The molecule has 0 bridgehead atoms. The van der Waals surface area contributed by atoms with E-state index in [1.807, 2.05) is 12.2 Å². The van der Waals surface area contributed by atoms with Crippen LogP contribution >= 0.6 is 0 Å². The summed E-state index contributed by atoms with van der Waals surface area (Å²) in [6.07, 6.45) is 72.0. The van der Waals surface area contributed by atoms with Crippen molar-refractivity contribution >= 4 is 17.9 Å². The number of allylic oxidation sites excluding steroid dienone is 20. The van der Waals surface area contributed by atoms with Crippen LogP contribution in [0, 0.1) is 0 Å². The molecule has 0 amide bonds. The summed E-state index contributed by atoms with van der Waals surface area (Å²) in [5.41, 5.74) is 0. The number of unbranched alkanes of at least 4 members (excludes halogenated alkanes) is 14. The molecule has 0 unspecified atom stereocenters. The molecule has 0 saturated heterocycles. The lowest BCUT2D eigenvalue weighted by atomic mass is 10.0. The monoisotopic (exact) mass is 899 g/mol. The van der Waals surface area contributed by atoms with Gasteiger partial charge in [0.25, 0.3) is 0 Å². The average molecular weight is 899 g/mol. The summed E-state index contributed by atoms with van der Waals surface area (Å²) in [7, 11) is 0. The molecule has 6 nitrogen and oxygen atoms in total. The van der Waals surface area contributed by atoms with E-state index >= 15 is 0 Å². The van der Waals surface area contributed by atoms with Crippen LogP contribution in [0.5, 0.6) is 0 Å². The largest absolute Gasteiger partial charge is 0.462 e. The molecule has 0 aromatic rings. The Morgan fingerprint density at radius 1 is 0.323 bits per heavy atom. The second-order valence-corrected chi connectivity index (χ2v) is 16.7. The summed E-state index contributed by atoms with van der Waals surface area (Å²) in [5.74, 6) is -1.06. The standard InChI is InChI=1S/C59H94O6/c1-4-7-10-13-16-19-22-25-27-28-29-30-32-35-38-41-44-47-50-53-59(62)65-56(54-63-57(60)51-48-45-42-39-36-33-24-21-18-15-12-9-6-3)55-64-58(61)52-49-46-43-40-37-34-31-26-23-20-17-14-11-8-5-2/h7-8,10-11,16-17,19-20,25-27,29-31,35,37-38,40,44,47,56H,4-6,9,12-15,18,21-24,28,32-34,36,39,41-43,45-46,48-55H2,1-3H3/b10-7-,11-8-,19-16-,20-17-,27-25-,30-29-,31-26-,38-35-,40-37-,47-44-/t56-/m0/s1. The number of hydrogen-bond acceptors (Lipinski definition) is 6. The zero-order valence-corrected chi connectivity index (χ0v) is 41.7. The van der Waals surface area contributed by atoms with E-state index in [0.29, 0.717) is 19.3 Å². The maximum absolute atomic E-state index is 12.8. The zero-order chi connectivity index (χ0) is 47.2. The third kappa shape index (κ3) is 50.7. The van der Waals surface area contributed by atoms with Gasteiger partial charge in [0.05, 0.1) is 0 Å². The molecule has 0 fully saturated rings. The summed E-state index contributed by atoms with van der Waals surface area (Å²) >= 11 is 0. The highest BCUT2D eigenvalue weighted by Gasteiger charge is 2.19. The molecule has 0 N–H and O–H groups in total. The van der Waals surface area contributed by atoms with E-state index in [1.165, 1.54) is 64.2 Å². The molecule has 0 aliphatic carbocycles. The Morgan fingerprint density at radius 3 is 1.00 bits per heavy atom. The molecule has 0 aliphatic rings. The van der Waals surface area contributed by atoms with Crippen molar-refractivity contribution < 1.29 is 28.6 Å². The van der Waals surface area contributed by atoms with Gasteiger partial charge in [-0.3, -0.25) is 14.4 Å². The van der Waals surface area contributed by atoms with Crippen LogP contribution in [0.25, 0.3) is 0 Å². The minimum Gasteiger partial charge on any atom is -0.462 e. The van der Waals surface area contributed by atoms with E-state index in [-0.39, 0.29) is 38.0 Å². The minimum atomic E-state index is -0.836. The van der Waals surface area contributed by atoms with E-state index < -0.39 is 12.1 Å². The third-order valence-corrected chi connectivity index (χ3v) is 10.5. The molecule has 65 heavy (non-hydrogen) atoms. The SMILES string of the molecule is CC/C=C\C/C=C\C/C=C\C/C=C\C/C=C\C/C=C\CCC(=O)O[C@H](COC(=O)CCCC/C=C\C/C=C\C/C=C\C/C=C\CC)COC(=O)CCCCCCCCCCCCCCC. The lowest BCUT2D eigenvalue weighted by molar-refractivity contribution is -0.166. The first kappa shape index (κ1) is 60.8. The van der Waals surface area contributed by atoms with Crippen molar-refractivity contribution in [3.8, 4) is 0 Å². The Bertz CT molecular complexity index is 1400. The Balaban J connectivity index is 4.59. The van der Waals surface area contributed by atoms with Crippen LogP contribution < -0.4 is 0 Å². The fourth-order valence-corrected chi connectivity index (χ4v) is 6.63. The van der Waals surface area contributed by atoms with Gasteiger partial charge in [0.15, 0.2) is 6.10 Å². The van der Waals surface area contributed by atoms with Crippen molar-refractivity contribution in [1.82, 2.24) is 0 Å². The van der Waals surface area contributed by atoms with Crippen LogP contribution in [0.4, 0.5) is 0 Å². The van der Waals surface area contributed by atoms with Gasteiger partial charge in [0, 0.05) is 19.3 Å². The van der Waals surface area contributed by atoms with Crippen LogP contribution in [0.1, 0.15) is 213 Å². The van der Waals surface area contributed by atoms with Gasteiger partial charge in [-0.15, -0.1) is 0 Å². The summed E-state index contributed by atoms with van der Waals surface area (Å²) in [6.45, 7) is 6.29. The Kier molecular flexibility index (Phi) is 49.1. The van der Waals surface area contributed by atoms with Gasteiger partial charge in [0.2, 0.25) is 0 Å². The molecule has 0 spiro atoms. The van der Waals surface area contributed by atoms with Crippen molar-refractivity contribution in [2.24, 2.45) is 0 Å². The summed E-state index contributed by atoms with van der Waals surface area (Å²) in [6, 6.07) is 0. The third-order valence-electron chi connectivity index (χ3n) is 10.5. The maximum atomic E-state index is 12.8. The predicted molar refractivity (Wildman–Crippen MR) is 279 cm³/mol. The van der Waals surface area contributed by atoms with Gasteiger partial charge >= 0.3 is 17.9 Å². The predicted octanol–water partition coefficient (Wildman–Crippen LogP) is 17.3. The molecule has 0 radical (unpaired) electrons. The molecular weight excluding hydrogens is 805 g/mol. The maximum Gasteiger partial charge on any atom is 0.306 e. The summed E-state index contributed by atoms with van der Waals surface area (Å²) in [4.78, 5) is 38.0. The molecule has 0 heterocycles. The Hall–Kier alpha value is -4.19. The summed E-state index contributed by atoms with van der Waals surface area (Å²) < 4.78 is 16.7. The van der Waals surface area contributed by atoms with E-state index in [9.17, 15) is 14.4 Å². The van der Waals surface area contributed by atoms with E-state index in [2.05, 4.69) is 130 Å². The average Bonchev–Trinajstić information content (AvgIpc) is 3.30. The second kappa shape index (κ2) is 52.4. The second-order valence-electron chi connectivity index (χ2n) is 16.7. The van der Waals surface area contributed by atoms with Crippen LogP contribution in [0.3, 0.4) is 0 Å². The minimum absolute atomic E-state index is 0.123. The van der Waals surface area contributed by atoms with Crippen molar-refractivity contribution in [3.05, 3.63) is 122 Å². The van der Waals surface area contributed by atoms with Crippen LogP contribution in [0.15, 0.2) is 122 Å². The van der Waals surface area contributed by atoms with Gasteiger partial charge in [0.1, 0.15) is 13.2 Å². The van der Waals surface area contributed by atoms with Crippen molar-refractivity contribution in [2.75, 3.05) is 13.2 Å². The first-order valence-corrected chi connectivity index (χ1v) is 26.0. The van der Waals surface area contributed by atoms with Gasteiger partial charge in [-0.25, -0.2) is 0 Å².